The zero-order valence-electron chi connectivity index (χ0n) is 15.7. The number of aromatic nitrogens is 1. The van der Waals surface area contributed by atoms with E-state index in [0.29, 0.717) is 11.5 Å². The Balaban J connectivity index is 1.36. The topological polar surface area (TPSA) is 36.4 Å². The first kappa shape index (κ1) is 15.8. The van der Waals surface area contributed by atoms with E-state index in [0.717, 1.165) is 24.2 Å². The molecule has 4 aliphatic rings. The summed E-state index contributed by atoms with van der Waals surface area (Å²) in [5.74, 6) is 0.227. The first-order valence-electron chi connectivity index (χ1n) is 9.89. The number of likely N-dealkylation sites (tertiary alicyclic amines) is 1. The molecule has 4 nitrogen and oxygen atoms in total. The summed E-state index contributed by atoms with van der Waals surface area (Å²) in [5.41, 5.74) is 2.43. The predicted octanol–water partition coefficient (Wildman–Crippen LogP) is 3.50. The molecule has 1 aromatic rings. The Morgan fingerprint density at radius 3 is 2.64 bits per heavy atom. The van der Waals surface area contributed by atoms with Crippen LogP contribution < -0.4 is 4.90 Å². The molecule has 1 spiro atoms. The van der Waals surface area contributed by atoms with Crippen molar-refractivity contribution in [1.29, 1.82) is 0 Å². The van der Waals surface area contributed by atoms with E-state index in [2.05, 4.69) is 27.8 Å². The van der Waals surface area contributed by atoms with E-state index in [4.69, 9.17) is 0 Å². The highest BCUT2D eigenvalue weighted by molar-refractivity contribution is 6.07. The lowest BCUT2D eigenvalue weighted by Gasteiger charge is -2.56. The number of hydrogen-bond acceptors (Lipinski definition) is 3. The van der Waals surface area contributed by atoms with Crippen molar-refractivity contribution in [1.82, 2.24) is 9.88 Å². The molecular formula is C21H29N3O. The van der Waals surface area contributed by atoms with E-state index in [1.165, 1.54) is 38.8 Å². The summed E-state index contributed by atoms with van der Waals surface area (Å²) in [6, 6.07) is 4.37. The van der Waals surface area contributed by atoms with Crippen LogP contribution in [0.3, 0.4) is 0 Å². The van der Waals surface area contributed by atoms with Gasteiger partial charge in [-0.1, -0.05) is 0 Å². The Kier molecular flexibility index (Phi) is 3.06. The van der Waals surface area contributed by atoms with E-state index in [1.807, 2.05) is 26.1 Å². The van der Waals surface area contributed by atoms with E-state index >= 15 is 0 Å². The van der Waals surface area contributed by atoms with Crippen LogP contribution in [0.15, 0.2) is 18.3 Å². The number of piperidine rings is 1. The van der Waals surface area contributed by atoms with Crippen molar-refractivity contribution in [3.05, 3.63) is 24.0 Å². The molecule has 0 radical (unpaired) electrons. The van der Waals surface area contributed by atoms with Gasteiger partial charge in [0, 0.05) is 24.3 Å². The highest BCUT2D eigenvalue weighted by Crippen LogP contribution is 2.55. The van der Waals surface area contributed by atoms with Crippen molar-refractivity contribution in [2.45, 2.75) is 76.3 Å². The van der Waals surface area contributed by atoms with E-state index in [9.17, 15) is 4.79 Å². The number of carbonyl (C=O) groups is 1. The Morgan fingerprint density at radius 2 is 1.92 bits per heavy atom. The van der Waals surface area contributed by atoms with Crippen LogP contribution in [0.2, 0.25) is 0 Å². The second-order valence-electron chi connectivity index (χ2n) is 9.76. The van der Waals surface area contributed by atoms with Crippen LogP contribution in [0.1, 0.15) is 65.0 Å². The maximum absolute atomic E-state index is 13.1. The van der Waals surface area contributed by atoms with Crippen LogP contribution in [-0.4, -0.2) is 40.5 Å². The van der Waals surface area contributed by atoms with Gasteiger partial charge in [0.2, 0.25) is 5.91 Å². The van der Waals surface area contributed by atoms with Gasteiger partial charge in [0.25, 0.3) is 0 Å². The van der Waals surface area contributed by atoms with Gasteiger partial charge in [-0.25, -0.2) is 0 Å². The molecule has 1 aromatic heterocycles. The predicted molar refractivity (Wildman–Crippen MR) is 98.7 cm³/mol. The van der Waals surface area contributed by atoms with Crippen LogP contribution in [0.5, 0.6) is 0 Å². The van der Waals surface area contributed by atoms with Crippen molar-refractivity contribution in [3.63, 3.8) is 0 Å². The lowest BCUT2D eigenvalue weighted by atomic mass is 9.70. The third kappa shape index (κ3) is 2.16. The number of hydrogen-bond donors (Lipinski definition) is 0. The van der Waals surface area contributed by atoms with Gasteiger partial charge in [0.05, 0.1) is 16.8 Å². The maximum atomic E-state index is 13.1. The van der Waals surface area contributed by atoms with Crippen LogP contribution in [-0.2, 0) is 10.2 Å². The van der Waals surface area contributed by atoms with Gasteiger partial charge in [-0.15, -0.1) is 0 Å². The van der Waals surface area contributed by atoms with Crippen LogP contribution in [0.25, 0.3) is 0 Å². The molecule has 0 unspecified atom stereocenters. The minimum atomic E-state index is -0.494. The molecule has 3 fully saturated rings. The van der Waals surface area contributed by atoms with Gasteiger partial charge >= 0.3 is 0 Å². The van der Waals surface area contributed by atoms with E-state index in [1.54, 1.807) is 0 Å². The molecule has 25 heavy (non-hydrogen) atoms. The fourth-order valence-electron chi connectivity index (χ4n) is 5.60. The minimum Gasteiger partial charge on any atom is -0.307 e. The Labute approximate surface area is 150 Å². The van der Waals surface area contributed by atoms with Crippen molar-refractivity contribution in [2.75, 3.05) is 18.0 Å². The first-order chi connectivity index (χ1) is 11.8. The Morgan fingerprint density at radius 1 is 1.16 bits per heavy atom. The molecule has 0 aromatic carbocycles. The number of carbonyl (C=O) groups excluding carboxylic acids is 1. The zero-order chi connectivity index (χ0) is 17.4. The highest BCUT2D eigenvalue weighted by Gasteiger charge is 2.56. The summed E-state index contributed by atoms with van der Waals surface area (Å²) >= 11 is 0. The number of nitrogens with zero attached hydrogens (tertiary/aromatic N) is 3. The molecule has 2 saturated carbocycles. The summed E-state index contributed by atoms with van der Waals surface area (Å²) in [6.45, 7) is 8.97. The number of rotatable bonds is 2. The Hall–Kier alpha value is -1.42. The molecule has 2 aliphatic heterocycles. The second-order valence-corrected chi connectivity index (χ2v) is 9.76. The second kappa shape index (κ2) is 4.85. The van der Waals surface area contributed by atoms with E-state index in [-0.39, 0.29) is 11.4 Å². The molecule has 134 valence electrons. The van der Waals surface area contributed by atoms with Gasteiger partial charge in [0.1, 0.15) is 0 Å². The van der Waals surface area contributed by atoms with Crippen LogP contribution >= 0.6 is 0 Å². The van der Waals surface area contributed by atoms with Crippen molar-refractivity contribution in [2.24, 2.45) is 5.41 Å². The molecule has 1 amide bonds. The fourth-order valence-corrected chi connectivity index (χ4v) is 5.60. The third-order valence-electron chi connectivity index (χ3n) is 7.49. The molecule has 3 heterocycles. The number of fused-ring (bicyclic) bond motifs is 1. The van der Waals surface area contributed by atoms with Gasteiger partial charge < -0.3 is 4.90 Å². The average Bonchev–Trinajstić information content (AvgIpc) is 3.27. The van der Waals surface area contributed by atoms with Gasteiger partial charge in [-0.05, 0) is 83.4 Å². The van der Waals surface area contributed by atoms with Gasteiger partial charge in [-0.2, -0.15) is 0 Å². The summed E-state index contributed by atoms with van der Waals surface area (Å²) in [4.78, 5) is 22.4. The summed E-state index contributed by atoms with van der Waals surface area (Å²) < 4.78 is 0. The van der Waals surface area contributed by atoms with Crippen LogP contribution in [0, 0.1) is 5.41 Å². The first-order valence-corrected chi connectivity index (χ1v) is 9.89. The maximum Gasteiger partial charge on any atom is 0.239 e. The zero-order valence-corrected chi connectivity index (χ0v) is 15.7. The summed E-state index contributed by atoms with van der Waals surface area (Å²) in [5, 5.41) is 0. The summed E-state index contributed by atoms with van der Waals surface area (Å²) in [7, 11) is 0. The molecule has 2 aliphatic carbocycles. The molecule has 0 atom stereocenters. The quantitative estimate of drug-likeness (QED) is 0.827. The lowest BCUT2D eigenvalue weighted by molar-refractivity contribution is -0.124. The number of amides is 1. The third-order valence-corrected chi connectivity index (χ3v) is 7.49. The average molecular weight is 339 g/mol. The standard InChI is InChI=1S/C21H29N3O/c1-19(2)17-16(6-4-10-22-17)24(18(19)25)15-12-20(3,13-15)23-11-5-7-21(14-23)8-9-21/h4,6,10,15H,5,7-9,11-14H2,1-3H3. The smallest absolute Gasteiger partial charge is 0.239 e. The van der Waals surface area contributed by atoms with Crippen molar-refractivity contribution >= 4 is 11.6 Å². The Bertz CT molecular complexity index is 730. The van der Waals surface area contributed by atoms with Gasteiger partial charge in [0.15, 0.2) is 0 Å². The number of anilines is 1. The van der Waals surface area contributed by atoms with Crippen molar-refractivity contribution < 1.29 is 4.79 Å². The largest absolute Gasteiger partial charge is 0.307 e. The molecule has 0 bridgehead atoms. The minimum absolute atomic E-state index is 0.227. The molecule has 4 heteroatoms. The highest BCUT2D eigenvalue weighted by atomic mass is 16.2. The number of pyridine rings is 1. The van der Waals surface area contributed by atoms with E-state index < -0.39 is 5.41 Å². The van der Waals surface area contributed by atoms with Crippen LogP contribution in [0.4, 0.5) is 5.69 Å². The van der Waals surface area contributed by atoms with Gasteiger partial charge in [-0.3, -0.25) is 14.7 Å². The normalized spacial score (nSPS) is 35.6. The molecule has 5 rings (SSSR count). The SMILES string of the molecule is CC1(C)C(=O)N(C2CC(C)(N3CCCC4(CC4)C3)C2)c2cccnc21. The fraction of sp³-hybridized carbons (Fsp3) is 0.714. The molecular weight excluding hydrogens is 310 g/mol. The summed E-state index contributed by atoms with van der Waals surface area (Å²) in [6.07, 6.45) is 9.65. The molecule has 0 N–H and O–H groups in total. The monoisotopic (exact) mass is 339 g/mol. The molecule has 1 saturated heterocycles. The van der Waals surface area contributed by atoms with Crippen molar-refractivity contribution in [3.8, 4) is 0 Å². The lowest BCUT2D eigenvalue weighted by Crippen LogP contribution is -2.64.